The standard InChI is InChI=1S/C11H11N3O2.ClH/c12-6-3-5-1-2-8-9(7(5)4-6)14-11(16)10(15)13-8;/h1-2,6H,3-4,12H2,(H,13,15)(H,14,16);1H. The minimum atomic E-state index is -0.616. The van der Waals surface area contributed by atoms with Gasteiger partial charge in [-0.1, -0.05) is 6.07 Å². The van der Waals surface area contributed by atoms with E-state index in [1.165, 1.54) is 0 Å². The summed E-state index contributed by atoms with van der Waals surface area (Å²) >= 11 is 0. The Labute approximate surface area is 102 Å². The second kappa shape index (κ2) is 4.01. The van der Waals surface area contributed by atoms with E-state index in [4.69, 9.17) is 5.73 Å². The molecule has 2 aromatic rings. The van der Waals surface area contributed by atoms with Gasteiger partial charge in [0.15, 0.2) is 0 Å². The smallest absolute Gasteiger partial charge is 0.314 e. The fourth-order valence-corrected chi connectivity index (χ4v) is 2.33. The molecule has 1 atom stereocenters. The molecule has 0 bridgehead atoms. The average Bonchev–Trinajstić information content (AvgIpc) is 2.61. The van der Waals surface area contributed by atoms with Crippen molar-refractivity contribution in [2.24, 2.45) is 5.73 Å². The monoisotopic (exact) mass is 253 g/mol. The number of rotatable bonds is 0. The number of hydrogen-bond donors (Lipinski definition) is 3. The van der Waals surface area contributed by atoms with Gasteiger partial charge in [-0.05, 0) is 30.0 Å². The van der Waals surface area contributed by atoms with Crippen molar-refractivity contribution in [3.8, 4) is 0 Å². The van der Waals surface area contributed by atoms with Gasteiger partial charge < -0.3 is 15.7 Å². The third kappa shape index (κ3) is 1.77. The Kier molecular flexibility index (Phi) is 2.81. The number of aromatic amines is 2. The molecule has 5 nitrogen and oxygen atoms in total. The van der Waals surface area contributed by atoms with E-state index in [2.05, 4.69) is 9.97 Å². The highest BCUT2D eigenvalue weighted by Gasteiger charge is 2.20. The lowest BCUT2D eigenvalue weighted by Gasteiger charge is -2.03. The first kappa shape index (κ1) is 11.9. The molecule has 0 amide bonds. The molecule has 0 spiro atoms. The molecule has 0 radical (unpaired) electrons. The molecule has 0 saturated carbocycles. The van der Waals surface area contributed by atoms with Gasteiger partial charge in [0.05, 0.1) is 11.0 Å². The second-order valence-corrected chi connectivity index (χ2v) is 4.20. The molecule has 6 heteroatoms. The topological polar surface area (TPSA) is 91.7 Å². The number of hydrogen-bond acceptors (Lipinski definition) is 3. The molecule has 4 N–H and O–H groups in total. The van der Waals surface area contributed by atoms with Gasteiger partial charge in [0, 0.05) is 6.04 Å². The maximum atomic E-state index is 11.3. The first-order chi connectivity index (χ1) is 7.65. The molecular weight excluding hydrogens is 242 g/mol. The Bertz CT molecular complexity index is 689. The predicted octanol–water partition coefficient (Wildman–Crippen LogP) is 0.0641. The van der Waals surface area contributed by atoms with Gasteiger partial charge in [0.2, 0.25) is 0 Å². The minimum Gasteiger partial charge on any atom is -0.327 e. The molecule has 17 heavy (non-hydrogen) atoms. The summed E-state index contributed by atoms with van der Waals surface area (Å²) in [6, 6.07) is 3.87. The summed E-state index contributed by atoms with van der Waals surface area (Å²) in [5.74, 6) is 0. The summed E-state index contributed by atoms with van der Waals surface area (Å²) in [4.78, 5) is 27.6. The van der Waals surface area contributed by atoms with Crippen molar-refractivity contribution in [3.63, 3.8) is 0 Å². The highest BCUT2D eigenvalue weighted by atomic mass is 35.5. The summed E-state index contributed by atoms with van der Waals surface area (Å²) in [6.07, 6.45) is 1.57. The van der Waals surface area contributed by atoms with Crippen LogP contribution in [0, 0.1) is 0 Å². The van der Waals surface area contributed by atoms with Crippen molar-refractivity contribution < 1.29 is 0 Å². The third-order valence-corrected chi connectivity index (χ3v) is 3.05. The molecular formula is C11H12ClN3O2. The number of halogens is 1. The molecule has 1 aliphatic carbocycles. The van der Waals surface area contributed by atoms with Crippen LogP contribution < -0.4 is 16.9 Å². The van der Waals surface area contributed by atoms with Crippen LogP contribution in [-0.4, -0.2) is 16.0 Å². The molecule has 0 fully saturated rings. The highest BCUT2D eigenvalue weighted by molar-refractivity contribution is 5.85. The van der Waals surface area contributed by atoms with Crippen LogP contribution in [-0.2, 0) is 12.8 Å². The first-order valence-electron chi connectivity index (χ1n) is 5.18. The maximum Gasteiger partial charge on any atom is 0.314 e. The van der Waals surface area contributed by atoms with Crippen LogP contribution in [0.25, 0.3) is 11.0 Å². The molecule has 1 unspecified atom stereocenters. The first-order valence-corrected chi connectivity index (χ1v) is 5.18. The summed E-state index contributed by atoms with van der Waals surface area (Å²) in [6.45, 7) is 0. The quantitative estimate of drug-likeness (QED) is 0.580. The Morgan fingerprint density at radius 1 is 1.12 bits per heavy atom. The van der Waals surface area contributed by atoms with E-state index in [1.807, 2.05) is 12.1 Å². The van der Waals surface area contributed by atoms with Crippen LogP contribution in [0.15, 0.2) is 21.7 Å². The maximum absolute atomic E-state index is 11.3. The van der Waals surface area contributed by atoms with Gasteiger partial charge >= 0.3 is 11.1 Å². The van der Waals surface area contributed by atoms with Crippen molar-refractivity contribution in [2.75, 3.05) is 0 Å². The van der Waals surface area contributed by atoms with Gasteiger partial charge in [-0.15, -0.1) is 12.4 Å². The Hall–Kier alpha value is -1.59. The molecule has 90 valence electrons. The van der Waals surface area contributed by atoms with Crippen LogP contribution in [0.2, 0.25) is 0 Å². The predicted molar refractivity (Wildman–Crippen MR) is 67.8 cm³/mol. The second-order valence-electron chi connectivity index (χ2n) is 4.20. The van der Waals surface area contributed by atoms with Gasteiger partial charge in [-0.2, -0.15) is 0 Å². The highest BCUT2D eigenvalue weighted by Crippen LogP contribution is 2.26. The number of aromatic nitrogens is 2. The number of nitrogens with one attached hydrogen (secondary N) is 2. The molecule has 0 saturated heterocycles. The van der Waals surface area contributed by atoms with E-state index in [-0.39, 0.29) is 18.4 Å². The number of fused-ring (bicyclic) bond motifs is 3. The summed E-state index contributed by atoms with van der Waals surface area (Å²) in [5.41, 5.74) is 8.25. The van der Waals surface area contributed by atoms with Crippen molar-refractivity contribution in [1.82, 2.24) is 9.97 Å². The third-order valence-electron chi connectivity index (χ3n) is 3.05. The molecule has 1 aliphatic rings. The number of H-pyrrole nitrogens is 2. The minimum absolute atomic E-state index is 0. The lowest BCUT2D eigenvalue weighted by atomic mass is 10.1. The van der Waals surface area contributed by atoms with E-state index in [9.17, 15) is 9.59 Å². The summed E-state index contributed by atoms with van der Waals surface area (Å²) in [5, 5.41) is 0. The zero-order valence-electron chi connectivity index (χ0n) is 8.95. The van der Waals surface area contributed by atoms with Crippen LogP contribution in [0.5, 0.6) is 0 Å². The molecule has 3 rings (SSSR count). The van der Waals surface area contributed by atoms with Crippen molar-refractivity contribution >= 4 is 23.4 Å². The fourth-order valence-electron chi connectivity index (χ4n) is 2.33. The zero-order chi connectivity index (χ0) is 11.3. The van der Waals surface area contributed by atoms with Crippen LogP contribution in [0.4, 0.5) is 0 Å². The van der Waals surface area contributed by atoms with E-state index < -0.39 is 11.1 Å². The summed E-state index contributed by atoms with van der Waals surface area (Å²) < 4.78 is 0. The Balaban J connectivity index is 0.00000108. The van der Waals surface area contributed by atoms with Crippen molar-refractivity contribution in [1.29, 1.82) is 0 Å². The SMILES string of the molecule is Cl.NC1Cc2ccc3[nH]c(=O)c(=O)[nH]c3c2C1. The molecule has 1 aromatic carbocycles. The number of benzene rings is 1. The Morgan fingerprint density at radius 2 is 1.82 bits per heavy atom. The largest absolute Gasteiger partial charge is 0.327 e. The number of nitrogens with two attached hydrogens (primary N) is 1. The zero-order valence-corrected chi connectivity index (χ0v) is 9.76. The van der Waals surface area contributed by atoms with Gasteiger partial charge in [0.1, 0.15) is 0 Å². The fraction of sp³-hybridized carbons (Fsp3) is 0.273. The van der Waals surface area contributed by atoms with Gasteiger partial charge in [-0.3, -0.25) is 9.59 Å². The van der Waals surface area contributed by atoms with Crippen LogP contribution in [0.1, 0.15) is 11.1 Å². The molecule has 1 heterocycles. The van der Waals surface area contributed by atoms with E-state index in [1.54, 1.807) is 0 Å². The van der Waals surface area contributed by atoms with Crippen molar-refractivity contribution in [3.05, 3.63) is 44.0 Å². The lowest BCUT2D eigenvalue weighted by Crippen LogP contribution is -2.29. The van der Waals surface area contributed by atoms with E-state index in [0.717, 1.165) is 29.5 Å². The molecule has 0 aliphatic heterocycles. The van der Waals surface area contributed by atoms with Gasteiger partial charge in [0.25, 0.3) is 0 Å². The normalized spacial score (nSPS) is 17.8. The Morgan fingerprint density at radius 3 is 2.59 bits per heavy atom. The van der Waals surface area contributed by atoms with E-state index >= 15 is 0 Å². The van der Waals surface area contributed by atoms with E-state index in [0.29, 0.717) is 5.52 Å². The average molecular weight is 254 g/mol. The van der Waals surface area contributed by atoms with Crippen molar-refractivity contribution in [2.45, 2.75) is 18.9 Å². The lowest BCUT2D eigenvalue weighted by molar-refractivity contribution is 0.722. The summed E-state index contributed by atoms with van der Waals surface area (Å²) in [7, 11) is 0. The molecule has 1 aromatic heterocycles. The van der Waals surface area contributed by atoms with Gasteiger partial charge in [-0.25, -0.2) is 0 Å². The van der Waals surface area contributed by atoms with Crippen LogP contribution in [0.3, 0.4) is 0 Å². The van der Waals surface area contributed by atoms with Crippen LogP contribution >= 0.6 is 12.4 Å².